The first-order valence-electron chi connectivity index (χ1n) is 7.26. The zero-order valence-electron chi connectivity index (χ0n) is 12.6. The molecule has 2 N–H and O–H groups in total. The number of carbonyl (C=O) groups excluding carboxylic acids is 1. The Morgan fingerprint density at radius 2 is 2.05 bits per heavy atom. The molecular weight excluding hydrogens is 272 g/mol. The molecule has 1 saturated carbocycles. The van der Waals surface area contributed by atoms with Gasteiger partial charge in [0.1, 0.15) is 11.7 Å². The van der Waals surface area contributed by atoms with Crippen molar-refractivity contribution in [1.29, 1.82) is 0 Å². The van der Waals surface area contributed by atoms with Crippen molar-refractivity contribution in [2.24, 2.45) is 11.8 Å². The lowest BCUT2D eigenvalue weighted by Crippen LogP contribution is -2.61. The van der Waals surface area contributed by atoms with E-state index in [1.807, 2.05) is 0 Å². The smallest absolute Gasteiger partial charge is 0.334 e. The van der Waals surface area contributed by atoms with Crippen LogP contribution in [0.1, 0.15) is 26.7 Å². The molecule has 1 saturated heterocycles. The highest BCUT2D eigenvalue weighted by atomic mass is 16.6. The summed E-state index contributed by atoms with van der Waals surface area (Å²) in [6, 6.07) is 0. The number of ether oxygens (including phenoxy) is 2. The molecule has 0 radical (unpaired) electrons. The quantitative estimate of drug-likeness (QED) is 0.428. The fraction of sp³-hybridized carbons (Fsp3) is 0.688. The van der Waals surface area contributed by atoms with Crippen molar-refractivity contribution in [3.05, 3.63) is 24.3 Å². The van der Waals surface area contributed by atoms with Crippen LogP contribution < -0.4 is 0 Å². The number of carbonyl (C=O) groups is 1. The number of rotatable bonds is 1. The average Bonchev–Trinajstić information content (AvgIpc) is 2.79. The van der Waals surface area contributed by atoms with Crippen molar-refractivity contribution < 1.29 is 24.5 Å². The topological polar surface area (TPSA) is 76.0 Å². The summed E-state index contributed by atoms with van der Waals surface area (Å²) in [5.41, 5.74) is -3.05. The molecule has 1 heterocycles. The van der Waals surface area contributed by atoms with E-state index >= 15 is 0 Å². The van der Waals surface area contributed by atoms with Gasteiger partial charge in [-0.25, -0.2) is 4.79 Å². The molecule has 6 atom stereocenters. The second-order valence-corrected chi connectivity index (χ2v) is 6.85. The van der Waals surface area contributed by atoms with Gasteiger partial charge >= 0.3 is 5.97 Å². The molecule has 5 nitrogen and oxygen atoms in total. The molecule has 116 valence electrons. The largest absolute Gasteiger partial charge is 0.458 e. The van der Waals surface area contributed by atoms with Crippen molar-refractivity contribution in [2.45, 2.75) is 49.6 Å². The van der Waals surface area contributed by atoms with Crippen LogP contribution in [0.15, 0.2) is 24.3 Å². The van der Waals surface area contributed by atoms with E-state index in [0.29, 0.717) is 18.4 Å². The first kappa shape index (κ1) is 14.8. The fourth-order valence-electron chi connectivity index (χ4n) is 4.34. The minimum Gasteiger partial charge on any atom is -0.458 e. The highest BCUT2D eigenvalue weighted by Gasteiger charge is 2.67. The molecule has 1 aliphatic heterocycles. The molecule has 5 heteroatoms. The molecule has 2 aliphatic carbocycles. The van der Waals surface area contributed by atoms with Gasteiger partial charge in [-0.3, -0.25) is 0 Å². The van der Waals surface area contributed by atoms with Crippen LogP contribution in [0.5, 0.6) is 0 Å². The minimum absolute atomic E-state index is 0.197. The van der Waals surface area contributed by atoms with Crippen LogP contribution in [0.4, 0.5) is 0 Å². The standard InChI is InChI=1S/C16H22O5/c1-9-10-5-6-15(3,19)16(20-4)8-7-14(2,18)12(16)11(10)21-13(9)17/h7-8,10-12,18-19H,1,5-6H2,2-4H3. The summed E-state index contributed by atoms with van der Waals surface area (Å²) in [5.74, 6) is -1.18. The fourth-order valence-corrected chi connectivity index (χ4v) is 4.34. The van der Waals surface area contributed by atoms with Gasteiger partial charge in [-0.05, 0) is 26.7 Å². The maximum Gasteiger partial charge on any atom is 0.334 e. The summed E-state index contributed by atoms with van der Waals surface area (Å²) >= 11 is 0. The lowest BCUT2D eigenvalue weighted by Gasteiger charge is -2.47. The Labute approximate surface area is 124 Å². The van der Waals surface area contributed by atoms with E-state index in [1.165, 1.54) is 7.11 Å². The molecule has 3 aliphatic rings. The zero-order valence-corrected chi connectivity index (χ0v) is 12.6. The minimum atomic E-state index is -1.22. The molecule has 2 fully saturated rings. The molecule has 0 spiro atoms. The Bertz CT molecular complexity index is 533. The van der Waals surface area contributed by atoms with E-state index < -0.39 is 34.8 Å². The average molecular weight is 294 g/mol. The van der Waals surface area contributed by atoms with Crippen molar-refractivity contribution in [2.75, 3.05) is 7.11 Å². The summed E-state index contributed by atoms with van der Waals surface area (Å²) in [5, 5.41) is 21.7. The Balaban J connectivity index is 2.16. The van der Waals surface area contributed by atoms with E-state index in [2.05, 4.69) is 6.58 Å². The van der Waals surface area contributed by atoms with E-state index in [1.54, 1.807) is 26.0 Å². The second-order valence-electron chi connectivity index (χ2n) is 6.85. The summed E-state index contributed by atoms with van der Waals surface area (Å²) in [6.07, 6.45) is 3.83. The molecular formula is C16H22O5. The van der Waals surface area contributed by atoms with Gasteiger partial charge in [0, 0.05) is 18.6 Å². The van der Waals surface area contributed by atoms with Crippen LogP contribution in [-0.2, 0) is 14.3 Å². The highest BCUT2D eigenvalue weighted by Crippen LogP contribution is 2.56. The van der Waals surface area contributed by atoms with Gasteiger partial charge in [-0.15, -0.1) is 0 Å². The Morgan fingerprint density at radius 3 is 2.67 bits per heavy atom. The van der Waals surface area contributed by atoms with Gasteiger partial charge in [0.05, 0.1) is 17.1 Å². The third kappa shape index (κ3) is 1.71. The van der Waals surface area contributed by atoms with Gasteiger partial charge in [-0.2, -0.15) is 0 Å². The lowest BCUT2D eigenvalue weighted by molar-refractivity contribution is -0.201. The van der Waals surface area contributed by atoms with E-state index in [-0.39, 0.29) is 5.92 Å². The molecule has 3 rings (SSSR count). The first-order valence-corrected chi connectivity index (χ1v) is 7.26. The SMILES string of the molecule is C=C1C(=O)OC2C1CCC(C)(O)C1(OC)C=CC(C)(O)C21. The van der Waals surface area contributed by atoms with E-state index in [9.17, 15) is 15.0 Å². The normalized spacial score (nSPS) is 52.3. The molecule has 0 aromatic carbocycles. The molecule has 6 unspecified atom stereocenters. The molecule has 0 aromatic heterocycles. The zero-order chi connectivity index (χ0) is 15.6. The Hall–Kier alpha value is -1.17. The number of hydrogen-bond donors (Lipinski definition) is 2. The van der Waals surface area contributed by atoms with Crippen LogP contribution in [-0.4, -0.2) is 46.2 Å². The van der Waals surface area contributed by atoms with Crippen molar-refractivity contribution >= 4 is 5.97 Å². The third-order valence-corrected chi connectivity index (χ3v) is 5.56. The van der Waals surface area contributed by atoms with Crippen LogP contribution in [0.25, 0.3) is 0 Å². The van der Waals surface area contributed by atoms with Crippen LogP contribution >= 0.6 is 0 Å². The van der Waals surface area contributed by atoms with Crippen molar-refractivity contribution in [3.8, 4) is 0 Å². The summed E-state index contributed by atoms with van der Waals surface area (Å²) < 4.78 is 11.2. The summed E-state index contributed by atoms with van der Waals surface area (Å²) in [7, 11) is 1.51. The highest BCUT2D eigenvalue weighted by molar-refractivity contribution is 5.91. The maximum atomic E-state index is 11.9. The number of hydrogen-bond acceptors (Lipinski definition) is 5. The Morgan fingerprint density at radius 1 is 1.38 bits per heavy atom. The molecule has 21 heavy (non-hydrogen) atoms. The van der Waals surface area contributed by atoms with Crippen LogP contribution in [0.3, 0.4) is 0 Å². The van der Waals surface area contributed by atoms with Gasteiger partial charge in [0.25, 0.3) is 0 Å². The van der Waals surface area contributed by atoms with E-state index in [4.69, 9.17) is 9.47 Å². The third-order valence-electron chi connectivity index (χ3n) is 5.56. The molecule has 0 aromatic rings. The van der Waals surface area contributed by atoms with Crippen molar-refractivity contribution in [3.63, 3.8) is 0 Å². The second kappa shape index (κ2) is 4.18. The van der Waals surface area contributed by atoms with Crippen LogP contribution in [0, 0.1) is 11.8 Å². The molecule has 0 bridgehead atoms. The van der Waals surface area contributed by atoms with Gasteiger partial charge in [0.15, 0.2) is 0 Å². The number of aliphatic hydroxyl groups is 2. The molecule has 0 amide bonds. The predicted octanol–water partition coefficient (Wildman–Crippen LogP) is 0.951. The predicted molar refractivity (Wildman–Crippen MR) is 75.4 cm³/mol. The first-order chi connectivity index (χ1) is 9.66. The van der Waals surface area contributed by atoms with E-state index in [0.717, 1.165) is 0 Å². The number of methoxy groups -OCH3 is 1. The number of fused-ring (bicyclic) bond motifs is 3. The van der Waals surface area contributed by atoms with Crippen LogP contribution in [0.2, 0.25) is 0 Å². The van der Waals surface area contributed by atoms with Crippen molar-refractivity contribution in [1.82, 2.24) is 0 Å². The van der Waals surface area contributed by atoms with Gasteiger partial charge < -0.3 is 19.7 Å². The Kier molecular flexibility index (Phi) is 2.94. The van der Waals surface area contributed by atoms with Gasteiger partial charge in [-0.1, -0.05) is 18.7 Å². The number of esters is 1. The van der Waals surface area contributed by atoms with Gasteiger partial charge in [0.2, 0.25) is 0 Å². The summed E-state index contributed by atoms with van der Waals surface area (Å²) in [4.78, 5) is 11.9. The monoisotopic (exact) mass is 294 g/mol. The lowest BCUT2D eigenvalue weighted by atomic mass is 9.70. The summed E-state index contributed by atoms with van der Waals surface area (Å²) in [6.45, 7) is 7.18. The maximum absolute atomic E-state index is 11.9.